The van der Waals surface area contributed by atoms with Gasteiger partial charge in [0.1, 0.15) is 5.75 Å². The van der Waals surface area contributed by atoms with Crippen LogP contribution in [0.1, 0.15) is 31.7 Å². The van der Waals surface area contributed by atoms with Gasteiger partial charge in [-0.1, -0.05) is 36.2 Å². The first-order valence-electron chi connectivity index (χ1n) is 8.34. The molecular formula is C19H22Cl2N2O3. The number of carboxylic acid groups (broad SMARTS) is 1. The smallest absolute Gasteiger partial charge is 0.303 e. The molecule has 140 valence electrons. The molecule has 7 heteroatoms. The fourth-order valence-corrected chi connectivity index (χ4v) is 2.92. The molecule has 0 saturated heterocycles. The fraction of sp³-hybridized carbons (Fsp3) is 0.316. The highest BCUT2D eigenvalue weighted by Crippen LogP contribution is 2.28. The van der Waals surface area contributed by atoms with Crippen LogP contribution in [0.25, 0.3) is 0 Å². The van der Waals surface area contributed by atoms with Crippen molar-refractivity contribution in [1.82, 2.24) is 0 Å². The molecule has 1 unspecified atom stereocenters. The maximum absolute atomic E-state index is 10.7. The Kier molecular flexibility index (Phi) is 7.42. The van der Waals surface area contributed by atoms with Gasteiger partial charge in [0.05, 0.1) is 17.5 Å². The molecule has 26 heavy (non-hydrogen) atoms. The van der Waals surface area contributed by atoms with Gasteiger partial charge in [-0.2, -0.15) is 0 Å². The Morgan fingerprint density at radius 2 is 2.04 bits per heavy atom. The molecule has 0 saturated carbocycles. The number of nitrogens with one attached hydrogen (secondary N) is 1. The van der Waals surface area contributed by atoms with Gasteiger partial charge in [-0.3, -0.25) is 4.79 Å². The lowest BCUT2D eigenvalue weighted by Crippen LogP contribution is -2.17. The predicted molar refractivity (Wildman–Crippen MR) is 106 cm³/mol. The first kappa shape index (κ1) is 20.2. The zero-order chi connectivity index (χ0) is 19.1. The Morgan fingerprint density at radius 3 is 2.69 bits per heavy atom. The SMILES string of the molecule is CCC(CCC(=O)O)Oc1ccc(N)c(NCc2ccc(Cl)cc2Cl)c1. The van der Waals surface area contributed by atoms with Crippen LogP contribution in [0, 0.1) is 0 Å². The summed E-state index contributed by atoms with van der Waals surface area (Å²) in [6.07, 6.45) is 1.10. The second kappa shape index (κ2) is 9.55. The second-order valence-electron chi connectivity index (χ2n) is 5.92. The summed E-state index contributed by atoms with van der Waals surface area (Å²) in [5.74, 6) is -0.187. The highest BCUT2D eigenvalue weighted by Gasteiger charge is 2.12. The van der Waals surface area contributed by atoms with Crippen LogP contribution in [0.4, 0.5) is 11.4 Å². The molecular weight excluding hydrogens is 375 g/mol. The van der Waals surface area contributed by atoms with E-state index in [4.69, 9.17) is 38.8 Å². The molecule has 0 heterocycles. The first-order chi connectivity index (χ1) is 12.4. The van der Waals surface area contributed by atoms with Crippen molar-refractivity contribution >= 4 is 40.5 Å². The van der Waals surface area contributed by atoms with Crippen LogP contribution in [-0.4, -0.2) is 17.2 Å². The third kappa shape index (κ3) is 6.00. The number of halogens is 2. The number of ether oxygens (including phenoxy) is 1. The summed E-state index contributed by atoms with van der Waals surface area (Å²) in [7, 11) is 0. The van der Waals surface area contributed by atoms with E-state index in [1.807, 2.05) is 19.1 Å². The van der Waals surface area contributed by atoms with Crippen molar-refractivity contribution in [1.29, 1.82) is 0 Å². The molecule has 0 aliphatic heterocycles. The average Bonchev–Trinajstić information content (AvgIpc) is 2.59. The summed E-state index contributed by atoms with van der Waals surface area (Å²) in [6, 6.07) is 10.7. The second-order valence-corrected chi connectivity index (χ2v) is 6.76. The van der Waals surface area contributed by atoms with Crippen molar-refractivity contribution in [3.8, 4) is 5.75 Å². The van der Waals surface area contributed by atoms with Crippen LogP contribution in [0.2, 0.25) is 10.0 Å². The highest BCUT2D eigenvalue weighted by molar-refractivity contribution is 6.35. The Bertz CT molecular complexity index is 768. The summed E-state index contributed by atoms with van der Waals surface area (Å²) in [5, 5.41) is 13.2. The number of nitrogens with two attached hydrogens (primary N) is 1. The van der Waals surface area contributed by atoms with E-state index in [1.54, 1.807) is 24.3 Å². The maximum atomic E-state index is 10.7. The van der Waals surface area contributed by atoms with E-state index in [1.165, 1.54) is 0 Å². The van der Waals surface area contributed by atoms with Gasteiger partial charge in [-0.15, -0.1) is 0 Å². The minimum atomic E-state index is -0.827. The molecule has 2 aromatic rings. The summed E-state index contributed by atoms with van der Waals surface area (Å²) in [6.45, 7) is 2.45. The van der Waals surface area contributed by atoms with E-state index in [0.29, 0.717) is 34.4 Å². The van der Waals surface area contributed by atoms with Crippen LogP contribution in [0.3, 0.4) is 0 Å². The third-order valence-corrected chi connectivity index (χ3v) is 4.53. The third-order valence-electron chi connectivity index (χ3n) is 3.95. The number of benzene rings is 2. The van der Waals surface area contributed by atoms with Crippen molar-refractivity contribution < 1.29 is 14.6 Å². The Balaban J connectivity index is 2.05. The number of carbonyl (C=O) groups is 1. The fourth-order valence-electron chi connectivity index (χ4n) is 2.44. The molecule has 0 aliphatic carbocycles. The van der Waals surface area contributed by atoms with Gasteiger partial charge in [0.25, 0.3) is 0 Å². The van der Waals surface area contributed by atoms with Crippen LogP contribution in [0.5, 0.6) is 5.75 Å². The molecule has 0 amide bonds. The number of aliphatic carboxylic acids is 1. The molecule has 4 N–H and O–H groups in total. The Labute approximate surface area is 163 Å². The lowest BCUT2D eigenvalue weighted by Gasteiger charge is -2.18. The highest BCUT2D eigenvalue weighted by atomic mass is 35.5. The summed E-state index contributed by atoms with van der Waals surface area (Å²) in [4.78, 5) is 10.7. The van der Waals surface area contributed by atoms with E-state index in [9.17, 15) is 4.79 Å². The van der Waals surface area contributed by atoms with Crippen molar-refractivity contribution in [2.75, 3.05) is 11.1 Å². The van der Waals surface area contributed by atoms with E-state index >= 15 is 0 Å². The molecule has 0 aromatic heterocycles. The van der Waals surface area contributed by atoms with Gasteiger partial charge in [-0.25, -0.2) is 0 Å². The topological polar surface area (TPSA) is 84.6 Å². The number of carboxylic acids is 1. The monoisotopic (exact) mass is 396 g/mol. The van der Waals surface area contributed by atoms with Crippen LogP contribution in [0.15, 0.2) is 36.4 Å². The average molecular weight is 397 g/mol. The number of anilines is 2. The predicted octanol–water partition coefficient (Wildman–Crippen LogP) is 5.21. The molecule has 0 bridgehead atoms. The van der Waals surface area contributed by atoms with Crippen molar-refractivity contribution in [2.45, 2.75) is 38.8 Å². The van der Waals surface area contributed by atoms with Gasteiger partial charge in [-0.05, 0) is 42.7 Å². The normalized spacial score (nSPS) is 11.8. The molecule has 5 nitrogen and oxygen atoms in total. The molecule has 0 aliphatic rings. The first-order valence-corrected chi connectivity index (χ1v) is 9.10. The Morgan fingerprint density at radius 1 is 1.27 bits per heavy atom. The van der Waals surface area contributed by atoms with Crippen molar-refractivity contribution in [2.24, 2.45) is 0 Å². The van der Waals surface area contributed by atoms with Gasteiger partial charge < -0.3 is 20.9 Å². The largest absolute Gasteiger partial charge is 0.490 e. The lowest BCUT2D eigenvalue weighted by molar-refractivity contribution is -0.137. The minimum Gasteiger partial charge on any atom is -0.490 e. The minimum absolute atomic E-state index is 0.0770. The zero-order valence-corrected chi connectivity index (χ0v) is 16.0. The van der Waals surface area contributed by atoms with Crippen molar-refractivity contribution in [3.05, 3.63) is 52.0 Å². The van der Waals surface area contributed by atoms with Gasteiger partial charge in [0.15, 0.2) is 0 Å². The molecule has 0 spiro atoms. The van der Waals surface area contributed by atoms with Crippen LogP contribution >= 0.6 is 23.2 Å². The molecule has 2 rings (SSSR count). The summed E-state index contributed by atoms with van der Waals surface area (Å²) in [5.41, 5.74) is 8.23. The Hall–Kier alpha value is -2.11. The molecule has 2 aromatic carbocycles. The molecule has 1 atom stereocenters. The standard InChI is InChI=1S/C19H22Cl2N2O3/c1-2-14(6-8-19(24)25)26-15-5-7-17(22)18(10-15)23-11-12-3-4-13(20)9-16(12)21/h3-5,7,9-10,14,23H,2,6,8,11,22H2,1H3,(H,24,25). The number of rotatable bonds is 9. The van der Waals surface area contributed by atoms with E-state index < -0.39 is 5.97 Å². The summed E-state index contributed by atoms with van der Waals surface area (Å²) >= 11 is 12.1. The number of nitrogen functional groups attached to an aromatic ring is 1. The van der Waals surface area contributed by atoms with Crippen LogP contribution in [-0.2, 0) is 11.3 Å². The molecule has 0 fully saturated rings. The van der Waals surface area contributed by atoms with E-state index in [2.05, 4.69) is 5.32 Å². The quantitative estimate of drug-likeness (QED) is 0.506. The van der Waals surface area contributed by atoms with Gasteiger partial charge >= 0.3 is 5.97 Å². The van der Waals surface area contributed by atoms with Crippen molar-refractivity contribution in [3.63, 3.8) is 0 Å². The molecule has 0 radical (unpaired) electrons. The lowest BCUT2D eigenvalue weighted by atomic mass is 10.1. The van der Waals surface area contributed by atoms with E-state index in [0.717, 1.165) is 17.7 Å². The van der Waals surface area contributed by atoms with Gasteiger partial charge in [0, 0.05) is 29.1 Å². The van der Waals surface area contributed by atoms with E-state index in [-0.39, 0.29) is 12.5 Å². The van der Waals surface area contributed by atoms with Gasteiger partial charge in [0.2, 0.25) is 0 Å². The number of hydrogen-bond acceptors (Lipinski definition) is 4. The zero-order valence-electron chi connectivity index (χ0n) is 14.5. The number of hydrogen-bond donors (Lipinski definition) is 3. The summed E-state index contributed by atoms with van der Waals surface area (Å²) < 4.78 is 5.90. The maximum Gasteiger partial charge on any atom is 0.303 e. The van der Waals surface area contributed by atoms with Crippen LogP contribution < -0.4 is 15.8 Å².